The average molecular weight is 295 g/mol. The summed E-state index contributed by atoms with van der Waals surface area (Å²) in [6.45, 7) is 7.38. The quantitative estimate of drug-likeness (QED) is 0.777. The predicted octanol–water partition coefficient (Wildman–Crippen LogP) is 1.49. The van der Waals surface area contributed by atoms with Gasteiger partial charge < -0.3 is 20.1 Å². The molecule has 118 valence electrons. The van der Waals surface area contributed by atoms with Crippen molar-refractivity contribution in [1.82, 2.24) is 15.0 Å². The molecule has 0 saturated heterocycles. The second-order valence-corrected chi connectivity index (χ2v) is 5.71. The Hall–Kier alpha value is -1.63. The number of hydrogen-bond donors (Lipinski definition) is 1. The van der Waals surface area contributed by atoms with Gasteiger partial charge in [-0.05, 0) is 39.5 Å². The number of aromatic nitrogens is 3. The van der Waals surface area contributed by atoms with E-state index in [-0.39, 0.29) is 18.1 Å². The third kappa shape index (κ3) is 4.42. The number of hydrogen-bond acceptors (Lipinski definition) is 7. The van der Waals surface area contributed by atoms with Crippen LogP contribution in [0.3, 0.4) is 0 Å². The second-order valence-electron chi connectivity index (χ2n) is 5.71. The highest BCUT2D eigenvalue weighted by molar-refractivity contribution is 5.37. The summed E-state index contributed by atoms with van der Waals surface area (Å²) in [6, 6.07) is 0.631. The summed E-state index contributed by atoms with van der Waals surface area (Å²) in [5.74, 6) is 1.44. The molecule has 7 heteroatoms. The minimum Gasteiger partial charge on any atom is -0.461 e. The van der Waals surface area contributed by atoms with Gasteiger partial charge in [-0.15, -0.1) is 0 Å². The third-order valence-corrected chi connectivity index (χ3v) is 3.55. The van der Waals surface area contributed by atoms with E-state index in [9.17, 15) is 0 Å². The van der Waals surface area contributed by atoms with Gasteiger partial charge in [0.15, 0.2) is 0 Å². The zero-order valence-electron chi connectivity index (χ0n) is 13.2. The summed E-state index contributed by atoms with van der Waals surface area (Å²) >= 11 is 0. The van der Waals surface area contributed by atoms with E-state index in [0.29, 0.717) is 24.5 Å². The monoisotopic (exact) mass is 295 g/mol. The zero-order chi connectivity index (χ0) is 15.4. The first-order valence-corrected chi connectivity index (χ1v) is 7.45. The van der Waals surface area contributed by atoms with E-state index < -0.39 is 0 Å². The molecule has 1 aromatic rings. The molecule has 1 heterocycles. The van der Waals surface area contributed by atoms with E-state index in [1.165, 1.54) is 12.8 Å². The maximum absolute atomic E-state index is 5.79. The Morgan fingerprint density at radius 3 is 2.52 bits per heavy atom. The van der Waals surface area contributed by atoms with Crippen LogP contribution in [0.5, 0.6) is 6.01 Å². The van der Waals surface area contributed by atoms with E-state index in [4.69, 9.17) is 15.2 Å². The lowest BCUT2D eigenvalue weighted by Gasteiger charge is -2.29. The van der Waals surface area contributed by atoms with Crippen LogP contribution in [0.1, 0.15) is 33.6 Å². The number of methoxy groups -OCH3 is 1. The first-order chi connectivity index (χ1) is 10.0. The van der Waals surface area contributed by atoms with E-state index in [1.807, 2.05) is 13.8 Å². The Kier molecular flexibility index (Phi) is 5.17. The Balaban J connectivity index is 2.22. The standard InChI is InChI=1S/C14H25N5O2/c1-9(2)21-14-17-12(15)16-13(18-14)19(7-8-20-4)10(3)11-5-6-11/h9-11H,5-8H2,1-4H3,(H2,15,16,17,18). The van der Waals surface area contributed by atoms with Crippen LogP contribution in [0.4, 0.5) is 11.9 Å². The van der Waals surface area contributed by atoms with Crippen LogP contribution in [-0.4, -0.2) is 47.4 Å². The Morgan fingerprint density at radius 1 is 1.24 bits per heavy atom. The molecule has 1 aromatic heterocycles. The largest absolute Gasteiger partial charge is 0.461 e. The van der Waals surface area contributed by atoms with Crippen molar-refractivity contribution in [1.29, 1.82) is 0 Å². The lowest BCUT2D eigenvalue weighted by atomic mass is 10.2. The Morgan fingerprint density at radius 2 is 1.95 bits per heavy atom. The van der Waals surface area contributed by atoms with Crippen LogP contribution in [0.25, 0.3) is 0 Å². The first kappa shape index (κ1) is 15.8. The van der Waals surface area contributed by atoms with Gasteiger partial charge in [0.05, 0.1) is 12.7 Å². The summed E-state index contributed by atoms with van der Waals surface area (Å²) < 4.78 is 10.7. The Labute approximate surface area is 125 Å². The minimum absolute atomic E-state index is 0.00655. The number of nitrogens with zero attached hydrogens (tertiary/aromatic N) is 4. The normalized spacial score (nSPS) is 16.0. The highest BCUT2D eigenvalue weighted by Gasteiger charge is 2.33. The minimum atomic E-state index is -0.00655. The van der Waals surface area contributed by atoms with Gasteiger partial charge in [-0.1, -0.05) is 0 Å². The fourth-order valence-corrected chi connectivity index (χ4v) is 2.26. The van der Waals surface area contributed by atoms with E-state index >= 15 is 0 Å². The fraction of sp³-hybridized carbons (Fsp3) is 0.786. The topological polar surface area (TPSA) is 86.4 Å². The molecule has 1 unspecified atom stereocenters. The maximum atomic E-state index is 5.79. The molecular weight excluding hydrogens is 270 g/mol. The van der Waals surface area contributed by atoms with E-state index in [1.54, 1.807) is 7.11 Å². The van der Waals surface area contributed by atoms with Crippen molar-refractivity contribution in [2.24, 2.45) is 5.92 Å². The number of nitrogens with two attached hydrogens (primary N) is 1. The zero-order valence-corrected chi connectivity index (χ0v) is 13.2. The summed E-state index contributed by atoms with van der Waals surface area (Å²) in [6.07, 6.45) is 2.49. The summed E-state index contributed by atoms with van der Waals surface area (Å²) in [7, 11) is 1.69. The molecule has 0 spiro atoms. The molecule has 2 rings (SSSR count). The van der Waals surface area contributed by atoms with Crippen molar-refractivity contribution < 1.29 is 9.47 Å². The summed E-state index contributed by atoms with van der Waals surface area (Å²) in [5, 5.41) is 0. The molecule has 0 radical (unpaired) electrons. The lowest BCUT2D eigenvalue weighted by molar-refractivity contribution is 0.201. The van der Waals surface area contributed by atoms with Crippen molar-refractivity contribution in [2.75, 3.05) is 30.9 Å². The molecule has 7 nitrogen and oxygen atoms in total. The second kappa shape index (κ2) is 6.89. The molecule has 1 aliphatic rings. The van der Waals surface area contributed by atoms with Gasteiger partial charge in [0.1, 0.15) is 0 Å². The van der Waals surface area contributed by atoms with Crippen molar-refractivity contribution in [3.8, 4) is 6.01 Å². The molecule has 2 N–H and O–H groups in total. The van der Waals surface area contributed by atoms with Gasteiger partial charge in [0.25, 0.3) is 0 Å². The molecule has 0 aromatic carbocycles. The molecular formula is C14H25N5O2. The van der Waals surface area contributed by atoms with Gasteiger partial charge in [-0.2, -0.15) is 15.0 Å². The van der Waals surface area contributed by atoms with Crippen molar-refractivity contribution in [2.45, 2.75) is 45.8 Å². The van der Waals surface area contributed by atoms with Crippen LogP contribution in [0.2, 0.25) is 0 Å². The van der Waals surface area contributed by atoms with E-state index in [2.05, 4.69) is 26.8 Å². The molecule has 0 amide bonds. The van der Waals surface area contributed by atoms with Crippen LogP contribution in [0, 0.1) is 5.92 Å². The number of anilines is 2. The molecule has 0 bridgehead atoms. The van der Waals surface area contributed by atoms with Crippen molar-refractivity contribution in [3.05, 3.63) is 0 Å². The Bertz CT molecular complexity index is 465. The predicted molar refractivity (Wildman–Crippen MR) is 81.4 cm³/mol. The van der Waals surface area contributed by atoms with E-state index in [0.717, 1.165) is 6.54 Å². The summed E-state index contributed by atoms with van der Waals surface area (Å²) in [5.41, 5.74) is 5.79. The van der Waals surface area contributed by atoms with Crippen molar-refractivity contribution in [3.63, 3.8) is 0 Å². The van der Waals surface area contributed by atoms with Gasteiger partial charge in [0, 0.05) is 19.7 Å². The van der Waals surface area contributed by atoms with Crippen LogP contribution in [0.15, 0.2) is 0 Å². The molecule has 1 aliphatic carbocycles. The van der Waals surface area contributed by atoms with Gasteiger partial charge in [-0.3, -0.25) is 0 Å². The highest BCUT2D eigenvalue weighted by atomic mass is 16.5. The number of rotatable bonds is 8. The fourth-order valence-electron chi connectivity index (χ4n) is 2.26. The maximum Gasteiger partial charge on any atom is 0.323 e. The summed E-state index contributed by atoms with van der Waals surface area (Å²) in [4.78, 5) is 14.8. The lowest BCUT2D eigenvalue weighted by Crippen LogP contribution is -2.38. The number of nitrogen functional groups attached to an aromatic ring is 1. The number of ether oxygens (including phenoxy) is 2. The van der Waals surface area contributed by atoms with Crippen LogP contribution < -0.4 is 15.4 Å². The highest BCUT2D eigenvalue weighted by Crippen LogP contribution is 2.36. The molecule has 1 fully saturated rings. The average Bonchev–Trinajstić information content (AvgIpc) is 3.21. The van der Waals surface area contributed by atoms with Crippen LogP contribution >= 0.6 is 0 Å². The SMILES string of the molecule is COCCN(c1nc(N)nc(OC(C)C)n1)C(C)C1CC1. The first-order valence-electron chi connectivity index (χ1n) is 7.45. The smallest absolute Gasteiger partial charge is 0.323 e. The van der Waals surface area contributed by atoms with Gasteiger partial charge >= 0.3 is 6.01 Å². The molecule has 1 saturated carbocycles. The van der Waals surface area contributed by atoms with Gasteiger partial charge in [0.2, 0.25) is 11.9 Å². The molecule has 1 atom stereocenters. The molecule has 21 heavy (non-hydrogen) atoms. The van der Waals surface area contributed by atoms with Gasteiger partial charge in [-0.25, -0.2) is 0 Å². The van der Waals surface area contributed by atoms with Crippen LogP contribution in [-0.2, 0) is 4.74 Å². The van der Waals surface area contributed by atoms with Crippen molar-refractivity contribution >= 4 is 11.9 Å². The molecule has 0 aliphatic heterocycles. The third-order valence-electron chi connectivity index (χ3n) is 3.55.